The fourth-order valence-corrected chi connectivity index (χ4v) is 2.66. The minimum absolute atomic E-state index is 0.178. The SMILES string of the molecule is CCc1cnccc1C(=O)Nc1ccc(C(=O)NC2CC2)c(Cl)c1. The number of nitrogens with one attached hydrogen (secondary N) is 2. The van der Waals surface area contributed by atoms with Crippen LogP contribution in [0.25, 0.3) is 0 Å². The van der Waals surface area contributed by atoms with Crippen LogP contribution in [-0.2, 0) is 6.42 Å². The summed E-state index contributed by atoms with van der Waals surface area (Å²) in [5.41, 5.74) is 2.42. The molecule has 0 radical (unpaired) electrons. The van der Waals surface area contributed by atoms with Crippen LogP contribution < -0.4 is 10.6 Å². The number of aryl methyl sites for hydroxylation is 1. The van der Waals surface area contributed by atoms with Crippen LogP contribution in [0.1, 0.15) is 46.0 Å². The van der Waals surface area contributed by atoms with Gasteiger partial charge in [0.1, 0.15) is 0 Å². The van der Waals surface area contributed by atoms with Gasteiger partial charge in [-0.1, -0.05) is 18.5 Å². The summed E-state index contributed by atoms with van der Waals surface area (Å²) in [6, 6.07) is 6.86. The molecule has 0 saturated heterocycles. The third-order valence-electron chi connectivity index (χ3n) is 3.91. The molecule has 124 valence electrons. The second kappa shape index (κ2) is 7.01. The summed E-state index contributed by atoms with van der Waals surface area (Å²) in [5, 5.41) is 6.02. The van der Waals surface area contributed by atoms with E-state index >= 15 is 0 Å². The summed E-state index contributed by atoms with van der Waals surface area (Å²) in [6.45, 7) is 1.97. The van der Waals surface area contributed by atoms with E-state index < -0.39 is 0 Å². The van der Waals surface area contributed by atoms with Gasteiger partial charge in [0.25, 0.3) is 11.8 Å². The van der Waals surface area contributed by atoms with E-state index in [1.54, 1.807) is 36.7 Å². The van der Waals surface area contributed by atoms with Gasteiger partial charge in [-0.05, 0) is 49.1 Å². The predicted octanol–water partition coefficient (Wildman–Crippen LogP) is 3.44. The molecule has 1 aromatic carbocycles. The van der Waals surface area contributed by atoms with E-state index in [2.05, 4.69) is 15.6 Å². The lowest BCUT2D eigenvalue weighted by molar-refractivity contribution is 0.0950. The molecule has 0 atom stereocenters. The van der Waals surface area contributed by atoms with Crippen LogP contribution in [0.3, 0.4) is 0 Å². The molecule has 24 heavy (non-hydrogen) atoms. The van der Waals surface area contributed by atoms with Crippen molar-refractivity contribution in [2.45, 2.75) is 32.2 Å². The lowest BCUT2D eigenvalue weighted by atomic mass is 10.1. The van der Waals surface area contributed by atoms with Crippen molar-refractivity contribution in [3.05, 3.63) is 58.4 Å². The van der Waals surface area contributed by atoms with Crippen LogP contribution in [0.5, 0.6) is 0 Å². The number of nitrogens with zero attached hydrogens (tertiary/aromatic N) is 1. The molecule has 0 aliphatic heterocycles. The average molecular weight is 344 g/mol. The Labute approximate surface area is 145 Å². The molecule has 1 saturated carbocycles. The maximum Gasteiger partial charge on any atom is 0.256 e. The smallest absolute Gasteiger partial charge is 0.256 e. The molecule has 1 aliphatic carbocycles. The molecule has 6 heteroatoms. The van der Waals surface area contributed by atoms with Gasteiger partial charge in [0, 0.05) is 29.7 Å². The number of aromatic nitrogens is 1. The van der Waals surface area contributed by atoms with Crippen LogP contribution in [0, 0.1) is 0 Å². The zero-order chi connectivity index (χ0) is 17.1. The normalized spacial score (nSPS) is 13.4. The fraction of sp³-hybridized carbons (Fsp3) is 0.278. The van der Waals surface area contributed by atoms with Crippen molar-refractivity contribution in [1.29, 1.82) is 0 Å². The minimum Gasteiger partial charge on any atom is -0.349 e. The molecule has 0 spiro atoms. The molecular formula is C18H18ClN3O2. The van der Waals surface area contributed by atoms with Crippen molar-refractivity contribution < 1.29 is 9.59 Å². The van der Waals surface area contributed by atoms with E-state index in [-0.39, 0.29) is 17.9 Å². The van der Waals surface area contributed by atoms with Crippen molar-refractivity contribution >= 4 is 29.1 Å². The van der Waals surface area contributed by atoms with Gasteiger partial charge in [0.15, 0.2) is 0 Å². The molecule has 1 aliphatic rings. The summed E-state index contributed by atoms with van der Waals surface area (Å²) < 4.78 is 0. The standard InChI is InChI=1S/C18H18ClN3O2/c1-2-11-10-20-8-7-14(11)17(23)22-13-5-6-15(16(19)9-13)18(24)21-12-3-4-12/h5-10,12H,2-4H2,1H3,(H,21,24)(H,22,23). The Morgan fingerprint density at radius 2 is 2.00 bits per heavy atom. The quantitative estimate of drug-likeness (QED) is 0.873. The summed E-state index contributed by atoms with van der Waals surface area (Å²) >= 11 is 6.19. The van der Waals surface area contributed by atoms with Gasteiger partial charge in [-0.3, -0.25) is 14.6 Å². The number of hydrogen-bond acceptors (Lipinski definition) is 3. The van der Waals surface area contributed by atoms with Crippen LogP contribution in [0.15, 0.2) is 36.7 Å². The largest absolute Gasteiger partial charge is 0.349 e. The van der Waals surface area contributed by atoms with Gasteiger partial charge in [-0.2, -0.15) is 0 Å². The molecule has 1 heterocycles. The van der Waals surface area contributed by atoms with Crippen LogP contribution >= 0.6 is 11.6 Å². The Morgan fingerprint density at radius 3 is 2.67 bits per heavy atom. The lowest BCUT2D eigenvalue weighted by Crippen LogP contribution is -2.25. The number of halogens is 1. The molecule has 2 amide bonds. The number of benzene rings is 1. The Bertz CT molecular complexity index is 788. The first-order valence-electron chi connectivity index (χ1n) is 7.93. The number of anilines is 1. The van der Waals surface area contributed by atoms with Gasteiger partial charge in [0.05, 0.1) is 10.6 Å². The minimum atomic E-state index is -0.222. The zero-order valence-corrected chi connectivity index (χ0v) is 14.1. The first kappa shape index (κ1) is 16.5. The van der Waals surface area contributed by atoms with Gasteiger partial charge in [0.2, 0.25) is 0 Å². The molecule has 0 unspecified atom stereocenters. The maximum atomic E-state index is 12.4. The molecule has 5 nitrogen and oxygen atoms in total. The average Bonchev–Trinajstić information content (AvgIpc) is 3.38. The highest BCUT2D eigenvalue weighted by Crippen LogP contribution is 2.24. The van der Waals surface area contributed by atoms with Crippen LogP contribution in [0.2, 0.25) is 5.02 Å². The molecule has 1 aromatic heterocycles. The summed E-state index contributed by atoms with van der Waals surface area (Å²) in [4.78, 5) is 28.5. The molecule has 2 aromatic rings. The van der Waals surface area contributed by atoms with Gasteiger partial charge in [-0.25, -0.2) is 0 Å². The molecular weight excluding hydrogens is 326 g/mol. The summed E-state index contributed by atoms with van der Waals surface area (Å²) in [6.07, 6.45) is 6.03. The summed E-state index contributed by atoms with van der Waals surface area (Å²) in [5.74, 6) is -0.400. The number of pyridine rings is 1. The number of hydrogen-bond donors (Lipinski definition) is 2. The van der Waals surface area contributed by atoms with Crippen molar-refractivity contribution in [2.75, 3.05) is 5.32 Å². The molecule has 0 bridgehead atoms. The second-order valence-corrected chi connectivity index (χ2v) is 6.19. The third-order valence-corrected chi connectivity index (χ3v) is 4.23. The first-order chi connectivity index (χ1) is 11.6. The Balaban J connectivity index is 1.74. The van der Waals surface area contributed by atoms with Gasteiger partial charge in [-0.15, -0.1) is 0 Å². The highest BCUT2D eigenvalue weighted by atomic mass is 35.5. The molecule has 3 rings (SSSR count). The number of carbonyl (C=O) groups is 2. The number of carbonyl (C=O) groups excluding carboxylic acids is 2. The van der Waals surface area contributed by atoms with Crippen LogP contribution in [0.4, 0.5) is 5.69 Å². The van der Waals surface area contributed by atoms with Crippen molar-refractivity contribution in [1.82, 2.24) is 10.3 Å². The highest BCUT2D eigenvalue weighted by molar-refractivity contribution is 6.34. The first-order valence-corrected chi connectivity index (χ1v) is 8.31. The Morgan fingerprint density at radius 1 is 1.21 bits per heavy atom. The zero-order valence-electron chi connectivity index (χ0n) is 13.3. The Kier molecular flexibility index (Phi) is 4.81. The van der Waals surface area contributed by atoms with Gasteiger partial charge < -0.3 is 10.6 Å². The highest BCUT2D eigenvalue weighted by Gasteiger charge is 2.24. The van der Waals surface area contributed by atoms with Crippen molar-refractivity contribution in [3.8, 4) is 0 Å². The lowest BCUT2D eigenvalue weighted by Gasteiger charge is -2.10. The monoisotopic (exact) mass is 343 g/mol. The fourth-order valence-electron chi connectivity index (χ4n) is 2.40. The van der Waals surface area contributed by atoms with E-state index in [0.717, 1.165) is 24.8 Å². The molecule has 2 N–H and O–H groups in total. The molecule has 1 fully saturated rings. The second-order valence-electron chi connectivity index (χ2n) is 5.78. The van der Waals surface area contributed by atoms with E-state index in [0.29, 0.717) is 21.8 Å². The number of rotatable bonds is 5. The van der Waals surface area contributed by atoms with Crippen LogP contribution in [-0.4, -0.2) is 22.8 Å². The van der Waals surface area contributed by atoms with Crippen molar-refractivity contribution in [2.24, 2.45) is 0 Å². The van der Waals surface area contributed by atoms with Crippen molar-refractivity contribution in [3.63, 3.8) is 0 Å². The maximum absolute atomic E-state index is 12.4. The van der Waals surface area contributed by atoms with E-state index in [1.165, 1.54) is 0 Å². The topological polar surface area (TPSA) is 71.1 Å². The van der Waals surface area contributed by atoms with Gasteiger partial charge >= 0.3 is 0 Å². The third kappa shape index (κ3) is 3.74. The predicted molar refractivity (Wildman–Crippen MR) is 93.5 cm³/mol. The van der Waals surface area contributed by atoms with E-state index in [1.807, 2.05) is 6.92 Å². The Hall–Kier alpha value is -2.40. The number of amides is 2. The van der Waals surface area contributed by atoms with E-state index in [9.17, 15) is 9.59 Å². The van der Waals surface area contributed by atoms with E-state index in [4.69, 9.17) is 11.6 Å². The summed E-state index contributed by atoms with van der Waals surface area (Å²) in [7, 11) is 0.